The Morgan fingerprint density at radius 1 is 1.17 bits per heavy atom. The summed E-state index contributed by atoms with van der Waals surface area (Å²) in [4.78, 5) is 4.31. The number of aromatic nitrogens is 1. The van der Waals surface area contributed by atoms with Crippen LogP contribution < -0.4 is 10.5 Å². The number of nitrogens with zero attached hydrogens (tertiary/aromatic N) is 1. The monoisotopic (exact) mass is 306 g/mol. The Kier molecular flexibility index (Phi) is 4.73. The summed E-state index contributed by atoms with van der Waals surface area (Å²) < 4.78 is 6.72. The van der Waals surface area contributed by atoms with Crippen LogP contribution in [-0.2, 0) is 0 Å². The highest BCUT2D eigenvalue weighted by molar-refractivity contribution is 9.10. The van der Waals surface area contributed by atoms with Crippen LogP contribution in [0.1, 0.15) is 11.6 Å². The average Bonchev–Trinajstić information content (AvgIpc) is 2.42. The first kappa shape index (κ1) is 13.1. The van der Waals surface area contributed by atoms with Crippen LogP contribution in [0.25, 0.3) is 0 Å². The Balaban J connectivity index is 2.02. The molecule has 1 aromatic heterocycles. The average molecular weight is 307 g/mol. The zero-order chi connectivity index (χ0) is 12.8. The topological polar surface area (TPSA) is 48.1 Å². The van der Waals surface area contributed by atoms with E-state index in [1.807, 2.05) is 42.5 Å². The maximum atomic E-state index is 5.78. The minimum absolute atomic E-state index is 0.110. The molecule has 2 rings (SSSR count). The third-order valence-corrected chi connectivity index (χ3v) is 3.32. The molecule has 0 saturated heterocycles. The van der Waals surface area contributed by atoms with Crippen LogP contribution in [0.4, 0.5) is 0 Å². The van der Waals surface area contributed by atoms with E-state index in [9.17, 15) is 0 Å². The van der Waals surface area contributed by atoms with Gasteiger partial charge >= 0.3 is 0 Å². The minimum Gasteiger partial charge on any atom is -0.492 e. The van der Waals surface area contributed by atoms with Crippen molar-refractivity contribution in [2.45, 2.75) is 5.92 Å². The van der Waals surface area contributed by atoms with Gasteiger partial charge in [0.25, 0.3) is 0 Å². The highest BCUT2D eigenvalue weighted by atomic mass is 79.9. The molecule has 94 valence electrons. The van der Waals surface area contributed by atoms with Crippen molar-refractivity contribution in [1.82, 2.24) is 4.98 Å². The molecule has 0 aliphatic heterocycles. The lowest BCUT2D eigenvalue weighted by molar-refractivity contribution is 0.286. The van der Waals surface area contributed by atoms with Crippen LogP contribution in [0.15, 0.2) is 53.1 Å². The standard InChI is InChI=1S/C14H15BrN2O/c15-12-5-1-2-7-14(12)18-10-11(9-16)13-6-3-4-8-17-13/h1-8,11H,9-10,16H2. The van der Waals surface area contributed by atoms with Gasteiger partial charge in [-0.3, -0.25) is 4.98 Å². The van der Waals surface area contributed by atoms with Gasteiger partial charge in [-0.1, -0.05) is 18.2 Å². The number of pyridine rings is 1. The maximum absolute atomic E-state index is 5.78. The van der Waals surface area contributed by atoms with E-state index >= 15 is 0 Å². The molecule has 4 heteroatoms. The molecule has 0 spiro atoms. The summed E-state index contributed by atoms with van der Waals surface area (Å²) in [6, 6.07) is 13.6. The number of para-hydroxylation sites is 1. The zero-order valence-electron chi connectivity index (χ0n) is 9.92. The van der Waals surface area contributed by atoms with E-state index in [1.54, 1.807) is 6.20 Å². The van der Waals surface area contributed by atoms with Crippen molar-refractivity contribution in [3.63, 3.8) is 0 Å². The molecule has 1 aromatic carbocycles. The van der Waals surface area contributed by atoms with Gasteiger partial charge in [-0.15, -0.1) is 0 Å². The maximum Gasteiger partial charge on any atom is 0.133 e. The van der Waals surface area contributed by atoms with E-state index in [4.69, 9.17) is 10.5 Å². The van der Waals surface area contributed by atoms with Crippen LogP contribution in [-0.4, -0.2) is 18.1 Å². The Hall–Kier alpha value is -1.39. The molecule has 1 atom stereocenters. The van der Waals surface area contributed by atoms with Crippen molar-refractivity contribution in [2.24, 2.45) is 5.73 Å². The second-order valence-corrected chi connectivity index (χ2v) is 4.78. The number of hydrogen-bond acceptors (Lipinski definition) is 3. The summed E-state index contributed by atoms with van der Waals surface area (Å²) in [6.07, 6.45) is 1.77. The molecule has 18 heavy (non-hydrogen) atoms. The molecule has 2 N–H and O–H groups in total. The fourth-order valence-electron chi connectivity index (χ4n) is 1.64. The number of benzene rings is 1. The van der Waals surface area contributed by atoms with E-state index in [0.29, 0.717) is 13.2 Å². The minimum atomic E-state index is 0.110. The van der Waals surface area contributed by atoms with Gasteiger partial charge < -0.3 is 10.5 Å². The summed E-state index contributed by atoms with van der Waals surface area (Å²) in [5.41, 5.74) is 6.74. The highest BCUT2D eigenvalue weighted by Gasteiger charge is 2.12. The van der Waals surface area contributed by atoms with Crippen molar-refractivity contribution >= 4 is 15.9 Å². The van der Waals surface area contributed by atoms with E-state index in [1.165, 1.54) is 0 Å². The van der Waals surface area contributed by atoms with E-state index < -0.39 is 0 Å². The molecular formula is C14H15BrN2O. The van der Waals surface area contributed by atoms with Crippen molar-refractivity contribution in [3.05, 3.63) is 58.8 Å². The smallest absolute Gasteiger partial charge is 0.133 e. The molecular weight excluding hydrogens is 292 g/mol. The molecule has 0 fully saturated rings. The summed E-state index contributed by atoms with van der Waals surface area (Å²) in [6.45, 7) is 1.04. The predicted molar refractivity (Wildman–Crippen MR) is 75.7 cm³/mol. The molecule has 1 unspecified atom stereocenters. The van der Waals surface area contributed by atoms with E-state index in [0.717, 1.165) is 15.9 Å². The van der Waals surface area contributed by atoms with Crippen LogP contribution in [0.3, 0.4) is 0 Å². The Bertz CT molecular complexity index is 490. The second-order valence-electron chi connectivity index (χ2n) is 3.93. The molecule has 0 saturated carbocycles. The first-order chi connectivity index (χ1) is 8.81. The Morgan fingerprint density at radius 2 is 1.94 bits per heavy atom. The Morgan fingerprint density at radius 3 is 2.61 bits per heavy atom. The van der Waals surface area contributed by atoms with Crippen molar-refractivity contribution in [2.75, 3.05) is 13.2 Å². The van der Waals surface area contributed by atoms with Crippen molar-refractivity contribution in [3.8, 4) is 5.75 Å². The normalized spacial score (nSPS) is 12.1. The largest absolute Gasteiger partial charge is 0.492 e. The molecule has 0 amide bonds. The molecule has 1 heterocycles. The molecule has 0 bridgehead atoms. The summed E-state index contributed by atoms with van der Waals surface area (Å²) in [7, 11) is 0. The molecule has 3 nitrogen and oxygen atoms in total. The van der Waals surface area contributed by atoms with Crippen LogP contribution in [0.5, 0.6) is 5.75 Å². The number of rotatable bonds is 5. The van der Waals surface area contributed by atoms with Gasteiger partial charge in [-0.25, -0.2) is 0 Å². The van der Waals surface area contributed by atoms with Gasteiger partial charge in [-0.05, 0) is 40.2 Å². The lowest BCUT2D eigenvalue weighted by atomic mass is 10.1. The van der Waals surface area contributed by atoms with Crippen LogP contribution in [0, 0.1) is 0 Å². The van der Waals surface area contributed by atoms with Gasteiger partial charge in [0.2, 0.25) is 0 Å². The van der Waals surface area contributed by atoms with Crippen molar-refractivity contribution in [1.29, 1.82) is 0 Å². The van der Waals surface area contributed by atoms with Gasteiger partial charge in [0, 0.05) is 24.4 Å². The van der Waals surface area contributed by atoms with Crippen molar-refractivity contribution < 1.29 is 4.74 Å². The summed E-state index contributed by atoms with van der Waals surface area (Å²) in [5, 5.41) is 0. The fourth-order valence-corrected chi connectivity index (χ4v) is 2.04. The summed E-state index contributed by atoms with van der Waals surface area (Å²) >= 11 is 3.45. The molecule has 0 aliphatic carbocycles. The lowest BCUT2D eigenvalue weighted by Gasteiger charge is -2.15. The number of nitrogens with two attached hydrogens (primary N) is 1. The van der Waals surface area contributed by atoms with Gasteiger partial charge in [0.1, 0.15) is 5.75 Å². The zero-order valence-corrected chi connectivity index (χ0v) is 11.5. The molecule has 0 aliphatic rings. The number of hydrogen-bond donors (Lipinski definition) is 1. The first-order valence-electron chi connectivity index (χ1n) is 5.79. The van der Waals surface area contributed by atoms with Gasteiger partial charge in [-0.2, -0.15) is 0 Å². The Labute approximate surface area is 115 Å². The van der Waals surface area contributed by atoms with Crippen LogP contribution in [0.2, 0.25) is 0 Å². The van der Waals surface area contributed by atoms with Crippen LogP contribution >= 0.6 is 15.9 Å². The molecule has 2 aromatic rings. The lowest BCUT2D eigenvalue weighted by Crippen LogP contribution is -2.20. The molecule has 0 radical (unpaired) electrons. The number of halogens is 1. The number of ether oxygens (including phenoxy) is 1. The van der Waals surface area contributed by atoms with E-state index in [2.05, 4.69) is 20.9 Å². The van der Waals surface area contributed by atoms with E-state index in [-0.39, 0.29) is 5.92 Å². The SMILES string of the molecule is NCC(COc1ccccc1Br)c1ccccn1. The second kappa shape index (κ2) is 6.52. The highest BCUT2D eigenvalue weighted by Crippen LogP contribution is 2.25. The summed E-state index contributed by atoms with van der Waals surface area (Å²) in [5.74, 6) is 0.935. The predicted octanol–water partition coefficient (Wildman–Crippen LogP) is 2.97. The van der Waals surface area contributed by atoms with Gasteiger partial charge in [0.15, 0.2) is 0 Å². The van der Waals surface area contributed by atoms with Gasteiger partial charge in [0.05, 0.1) is 11.1 Å². The fraction of sp³-hybridized carbons (Fsp3) is 0.214. The third kappa shape index (κ3) is 3.31. The first-order valence-corrected chi connectivity index (χ1v) is 6.59. The third-order valence-electron chi connectivity index (χ3n) is 2.67. The quantitative estimate of drug-likeness (QED) is 0.924.